The first-order chi connectivity index (χ1) is 20.9. The van der Waals surface area contributed by atoms with Crippen LogP contribution >= 0.6 is 11.6 Å². The van der Waals surface area contributed by atoms with Crippen LogP contribution in [0.4, 0.5) is 0 Å². The number of nitrogens with zero attached hydrogens (tertiary/aromatic N) is 3. The minimum atomic E-state index is -1.09. The standard InChI is InChI=1S/C35H47ClN4O4/c1-22-20-26(21-23(2)31(22)36)43-17-9-12-28-27-10-8-11-29(30-24(3)37-38-25(30)4)32(27)40(14-13-39-15-18-42-19-16-39)33(28)34(41)44-35(5,6)7/h8,10-11,20-21,34,41H,9,12-19H2,1-7H3,(H,37,38). The van der Waals surface area contributed by atoms with Gasteiger partial charge >= 0.3 is 0 Å². The zero-order chi connectivity index (χ0) is 31.6. The lowest BCUT2D eigenvalue weighted by atomic mass is 9.98. The molecular weight excluding hydrogens is 576 g/mol. The van der Waals surface area contributed by atoms with Gasteiger partial charge in [0.25, 0.3) is 0 Å². The van der Waals surface area contributed by atoms with Crippen molar-refractivity contribution in [1.29, 1.82) is 0 Å². The van der Waals surface area contributed by atoms with E-state index in [0.29, 0.717) is 13.2 Å². The number of hydrogen-bond acceptors (Lipinski definition) is 6. The second-order valence-corrected chi connectivity index (χ2v) is 13.3. The molecule has 9 heteroatoms. The molecule has 1 unspecified atom stereocenters. The zero-order valence-electron chi connectivity index (χ0n) is 27.2. The number of fused-ring (bicyclic) bond motifs is 1. The summed E-state index contributed by atoms with van der Waals surface area (Å²) in [5, 5.41) is 21.3. The van der Waals surface area contributed by atoms with Crippen molar-refractivity contribution in [3.05, 3.63) is 69.1 Å². The van der Waals surface area contributed by atoms with Crippen molar-refractivity contribution < 1.29 is 19.3 Å². The smallest absolute Gasteiger partial charge is 0.197 e. The van der Waals surface area contributed by atoms with Crippen LogP contribution in [0, 0.1) is 27.7 Å². The number of benzene rings is 2. The molecule has 0 saturated carbocycles. The third-order valence-corrected chi connectivity index (χ3v) is 8.92. The van der Waals surface area contributed by atoms with Crippen molar-refractivity contribution in [2.24, 2.45) is 0 Å². The molecule has 1 fully saturated rings. The molecule has 1 atom stereocenters. The highest BCUT2D eigenvalue weighted by atomic mass is 35.5. The molecule has 0 radical (unpaired) electrons. The molecule has 1 aliphatic heterocycles. The van der Waals surface area contributed by atoms with Crippen LogP contribution in [-0.2, 0) is 22.4 Å². The number of morpholine rings is 1. The number of ether oxygens (including phenoxy) is 3. The summed E-state index contributed by atoms with van der Waals surface area (Å²) in [4.78, 5) is 2.43. The molecule has 2 N–H and O–H groups in total. The number of aliphatic hydroxyl groups excluding tert-OH is 1. The highest BCUT2D eigenvalue weighted by Gasteiger charge is 2.29. The van der Waals surface area contributed by atoms with Crippen LogP contribution < -0.4 is 4.74 Å². The van der Waals surface area contributed by atoms with Crippen LogP contribution in [0.15, 0.2) is 30.3 Å². The van der Waals surface area contributed by atoms with Crippen LogP contribution in [0.25, 0.3) is 22.0 Å². The van der Waals surface area contributed by atoms with Crippen molar-refractivity contribution in [2.75, 3.05) is 39.5 Å². The Kier molecular flexibility index (Phi) is 10.1. The van der Waals surface area contributed by atoms with E-state index in [9.17, 15) is 5.11 Å². The van der Waals surface area contributed by atoms with Crippen LogP contribution in [0.5, 0.6) is 5.75 Å². The van der Waals surface area contributed by atoms with E-state index in [4.69, 9.17) is 25.8 Å². The average molecular weight is 623 g/mol. The van der Waals surface area contributed by atoms with Crippen molar-refractivity contribution in [3.8, 4) is 16.9 Å². The van der Waals surface area contributed by atoms with Gasteiger partial charge in [0.15, 0.2) is 6.29 Å². The van der Waals surface area contributed by atoms with Gasteiger partial charge in [-0.25, -0.2) is 0 Å². The Labute approximate surface area is 266 Å². The number of halogens is 1. The Hall–Kier alpha value is -2.88. The molecule has 2 aromatic carbocycles. The Balaban J connectivity index is 1.57. The van der Waals surface area contributed by atoms with Crippen LogP contribution in [0.3, 0.4) is 0 Å². The SMILES string of the molecule is Cc1cc(OCCCc2c(C(O)OC(C)(C)C)n(CCN3CCOCC3)c3c(-c4c(C)n[nH]c4C)cccc23)cc(C)c1Cl. The Morgan fingerprint density at radius 3 is 2.41 bits per heavy atom. The van der Waals surface area contributed by atoms with E-state index >= 15 is 0 Å². The highest BCUT2D eigenvalue weighted by molar-refractivity contribution is 6.32. The minimum Gasteiger partial charge on any atom is -0.494 e. The quantitative estimate of drug-likeness (QED) is 0.138. The molecule has 1 aliphatic rings. The summed E-state index contributed by atoms with van der Waals surface area (Å²) in [5.41, 5.74) is 8.66. The Morgan fingerprint density at radius 1 is 1.07 bits per heavy atom. The maximum Gasteiger partial charge on any atom is 0.197 e. The minimum absolute atomic E-state index is 0.532. The van der Waals surface area contributed by atoms with Crippen molar-refractivity contribution >= 4 is 22.5 Å². The molecule has 5 rings (SSSR count). The predicted octanol–water partition coefficient (Wildman–Crippen LogP) is 7.07. The molecule has 2 aromatic heterocycles. The van der Waals surface area contributed by atoms with E-state index in [0.717, 1.165) is 112 Å². The molecule has 0 spiro atoms. The van der Waals surface area contributed by atoms with Gasteiger partial charge in [-0.15, -0.1) is 0 Å². The number of aromatic amines is 1. The lowest BCUT2D eigenvalue weighted by Crippen LogP contribution is -2.38. The molecule has 3 heterocycles. The third kappa shape index (κ3) is 7.16. The van der Waals surface area contributed by atoms with Gasteiger partial charge in [-0.3, -0.25) is 10.00 Å². The van der Waals surface area contributed by atoms with Crippen LogP contribution in [0.1, 0.15) is 67.3 Å². The Bertz CT molecular complexity index is 1550. The van der Waals surface area contributed by atoms with E-state index in [1.54, 1.807) is 0 Å². The molecule has 4 aromatic rings. The number of aryl methyl sites for hydroxylation is 5. The van der Waals surface area contributed by atoms with Crippen LogP contribution in [0.2, 0.25) is 5.02 Å². The lowest BCUT2D eigenvalue weighted by Gasteiger charge is -2.29. The number of nitrogens with one attached hydrogen (secondary N) is 1. The fourth-order valence-corrected chi connectivity index (χ4v) is 6.42. The number of hydrogen-bond donors (Lipinski definition) is 2. The van der Waals surface area contributed by atoms with Gasteiger partial charge in [0.1, 0.15) is 5.75 Å². The van der Waals surface area contributed by atoms with Gasteiger partial charge in [0, 0.05) is 53.4 Å². The first-order valence-corrected chi connectivity index (χ1v) is 16.0. The second-order valence-electron chi connectivity index (χ2n) is 12.9. The molecule has 0 aliphatic carbocycles. The topological polar surface area (TPSA) is 84.8 Å². The summed E-state index contributed by atoms with van der Waals surface area (Å²) in [6.07, 6.45) is 0.398. The maximum absolute atomic E-state index is 11.8. The van der Waals surface area contributed by atoms with Crippen molar-refractivity contribution in [1.82, 2.24) is 19.7 Å². The largest absolute Gasteiger partial charge is 0.494 e. The second kappa shape index (κ2) is 13.6. The van der Waals surface area contributed by atoms with E-state index in [1.165, 1.54) is 0 Å². The highest BCUT2D eigenvalue weighted by Crippen LogP contribution is 2.40. The van der Waals surface area contributed by atoms with Gasteiger partial charge in [-0.1, -0.05) is 29.8 Å². The number of aromatic nitrogens is 3. The molecule has 44 heavy (non-hydrogen) atoms. The van der Waals surface area contributed by atoms with Crippen LogP contribution in [-0.4, -0.2) is 69.8 Å². The van der Waals surface area contributed by atoms with Crippen molar-refractivity contribution in [3.63, 3.8) is 0 Å². The first-order valence-electron chi connectivity index (χ1n) is 15.7. The summed E-state index contributed by atoms with van der Waals surface area (Å²) in [5.74, 6) is 0.821. The normalized spacial score (nSPS) is 15.3. The van der Waals surface area contributed by atoms with Gasteiger partial charge < -0.3 is 23.9 Å². The summed E-state index contributed by atoms with van der Waals surface area (Å²) in [6.45, 7) is 19.4. The third-order valence-electron chi connectivity index (χ3n) is 8.32. The fraction of sp³-hybridized carbons (Fsp3) is 0.514. The predicted molar refractivity (Wildman–Crippen MR) is 177 cm³/mol. The molecular formula is C35H47ClN4O4. The summed E-state index contributed by atoms with van der Waals surface area (Å²) >= 11 is 6.38. The Morgan fingerprint density at radius 2 is 1.77 bits per heavy atom. The van der Waals surface area contributed by atoms with Gasteiger partial charge in [0.05, 0.1) is 42.3 Å². The number of rotatable bonds is 11. The summed E-state index contributed by atoms with van der Waals surface area (Å²) < 4.78 is 20.4. The molecule has 0 bridgehead atoms. The van der Waals surface area contributed by atoms with Gasteiger partial charge in [-0.2, -0.15) is 5.10 Å². The lowest BCUT2D eigenvalue weighted by molar-refractivity contribution is -0.173. The molecule has 8 nitrogen and oxygen atoms in total. The molecule has 0 amide bonds. The summed E-state index contributed by atoms with van der Waals surface area (Å²) in [6, 6.07) is 10.4. The van der Waals surface area contributed by atoms with E-state index in [1.807, 2.05) is 53.7 Å². The van der Waals surface area contributed by atoms with E-state index < -0.39 is 11.9 Å². The fourth-order valence-electron chi connectivity index (χ4n) is 6.31. The zero-order valence-corrected chi connectivity index (χ0v) is 28.0. The first kappa shape index (κ1) is 32.5. The van der Waals surface area contributed by atoms with Gasteiger partial charge in [0.2, 0.25) is 0 Å². The van der Waals surface area contributed by atoms with Gasteiger partial charge in [-0.05, 0) is 90.1 Å². The van der Waals surface area contributed by atoms with E-state index in [2.05, 4.69) is 44.8 Å². The molecule has 238 valence electrons. The monoisotopic (exact) mass is 622 g/mol. The number of aliphatic hydroxyl groups is 1. The van der Waals surface area contributed by atoms with E-state index in [-0.39, 0.29) is 0 Å². The number of para-hydroxylation sites is 1. The number of H-pyrrole nitrogens is 1. The summed E-state index contributed by atoms with van der Waals surface area (Å²) in [7, 11) is 0. The molecule has 1 saturated heterocycles. The maximum atomic E-state index is 11.8. The average Bonchev–Trinajstić information content (AvgIpc) is 3.48. The van der Waals surface area contributed by atoms with Crippen molar-refractivity contribution in [2.45, 2.75) is 79.7 Å².